The van der Waals surface area contributed by atoms with E-state index in [0.29, 0.717) is 13.2 Å². The van der Waals surface area contributed by atoms with Crippen molar-refractivity contribution in [2.24, 2.45) is 5.92 Å². The van der Waals surface area contributed by atoms with E-state index in [2.05, 4.69) is 10.6 Å². The zero-order valence-electron chi connectivity index (χ0n) is 11.6. The SMILES string of the molecule is COCC(C)CNC(=O)Nc1c(Cl)cc(Cl)cc1C(=O)O. The third kappa shape index (κ3) is 5.41. The molecule has 0 radical (unpaired) electrons. The molecule has 0 aliphatic rings. The number of carbonyl (C=O) groups is 2. The summed E-state index contributed by atoms with van der Waals surface area (Å²) in [6.07, 6.45) is 0. The number of hydrogen-bond donors (Lipinski definition) is 3. The zero-order chi connectivity index (χ0) is 16.0. The molecular weight excluding hydrogens is 319 g/mol. The Morgan fingerprint density at radius 2 is 2.05 bits per heavy atom. The molecule has 2 amide bonds. The maximum atomic E-state index is 11.8. The number of carbonyl (C=O) groups excluding carboxylic acids is 1. The standard InChI is InChI=1S/C13H16Cl2N2O4/c1-7(6-21-2)5-16-13(20)17-11-9(12(18)19)3-8(14)4-10(11)15/h3-4,7H,5-6H2,1-2H3,(H,18,19)(H2,16,17,20). The number of halogens is 2. The number of amides is 2. The van der Waals surface area contributed by atoms with Gasteiger partial charge in [0, 0.05) is 18.7 Å². The third-order valence-electron chi connectivity index (χ3n) is 2.59. The average molecular weight is 335 g/mol. The van der Waals surface area contributed by atoms with Gasteiger partial charge in [0.15, 0.2) is 0 Å². The first-order valence-electron chi connectivity index (χ1n) is 6.11. The Morgan fingerprint density at radius 3 is 2.62 bits per heavy atom. The highest BCUT2D eigenvalue weighted by Gasteiger charge is 2.17. The van der Waals surface area contributed by atoms with E-state index in [0.717, 1.165) is 0 Å². The van der Waals surface area contributed by atoms with Gasteiger partial charge >= 0.3 is 12.0 Å². The van der Waals surface area contributed by atoms with Gasteiger partial charge in [-0.05, 0) is 18.1 Å². The minimum absolute atomic E-state index is 0.00506. The number of hydrogen-bond acceptors (Lipinski definition) is 3. The highest BCUT2D eigenvalue weighted by atomic mass is 35.5. The van der Waals surface area contributed by atoms with Crippen LogP contribution in [-0.2, 0) is 4.74 Å². The lowest BCUT2D eigenvalue weighted by Gasteiger charge is -2.14. The molecule has 6 nitrogen and oxygen atoms in total. The molecule has 1 atom stereocenters. The summed E-state index contributed by atoms with van der Waals surface area (Å²) in [5.41, 5.74) is -0.168. The van der Waals surface area contributed by atoms with Crippen LogP contribution in [0.15, 0.2) is 12.1 Å². The molecule has 0 spiro atoms. The summed E-state index contributed by atoms with van der Waals surface area (Å²) in [6, 6.07) is 2.03. The quantitative estimate of drug-likeness (QED) is 0.745. The summed E-state index contributed by atoms with van der Waals surface area (Å²) in [6.45, 7) is 2.79. The number of urea groups is 1. The van der Waals surface area contributed by atoms with Crippen LogP contribution in [0.3, 0.4) is 0 Å². The second kappa shape index (κ2) is 8.07. The zero-order valence-corrected chi connectivity index (χ0v) is 13.1. The number of anilines is 1. The largest absolute Gasteiger partial charge is 0.478 e. The molecular formula is C13H16Cl2N2O4. The Labute approximate surface area is 132 Å². The first-order chi connectivity index (χ1) is 9.85. The van der Waals surface area contributed by atoms with Gasteiger partial charge in [-0.1, -0.05) is 30.1 Å². The van der Waals surface area contributed by atoms with Crippen molar-refractivity contribution < 1.29 is 19.4 Å². The van der Waals surface area contributed by atoms with Gasteiger partial charge in [0.25, 0.3) is 0 Å². The van der Waals surface area contributed by atoms with Crippen LogP contribution in [-0.4, -0.2) is 37.4 Å². The molecule has 1 aromatic carbocycles. The Morgan fingerprint density at radius 1 is 1.38 bits per heavy atom. The van der Waals surface area contributed by atoms with E-state index in [1.165, 1.54) is 12.1 Å². The summed E-state index contributed by atoms with van der Waals surface area (Å²) in [5.74, 6) is -1.11. The Balaban J connectivity index is 2.78. The summed E-state index contributed by atoms with van der Waals surface area (Å²) >= 11 is 11.7. The molecule has 1 unspecified atom stereocenters. The first-order valence-corrected chi connectivity index (χ1v) is 6.86. The first kappa shape index (κ1) is 17.6. The lowest BCUT2D eigenvalue weighted by Crippen LogP contribution is -2.34. The van der Waals surface area contributed by atoms with Crippen LogP contribution >= 0.6 is 23.2 Å². The van der Waals surface area contributed by atoms with Crippen molar-refractivity contribution in [1.82, 2.24) is 5.32 Å². The maximum absolute atomic E-state index is 11.8. The van der Waals surface area contributed by atoms with Gasteiger partial charge in [-0.2, -0.15) is 0 Å². The number of nitrogens with one attached hydrogen (secondary N) is 2. The fourth-order valence-corrected chi connectivity index (χ4v) is 2.18. The van der Waals surface area contributed by atoms with Crippen LogP contribution in [0.5, 0.6) is 0 Å². The fourth-order valence-electron chi connectivity index (χ4n) is 1.64. The van der Waals surface area contributed by atoms with E-state index < -0.39 is 12.0 Å². The van der Waals surface area contributed by atoms with Gasteiger partial charge in [-0.3, -0.25) is 0 Å². The van der Waals surface area contributed by atoms with Crippen molar-refractivity contribution >= 4 is 40.9 Å². The average Bonchev–Trinajstić information content (AvgIpc) is 2.39. The number of rotatable bonds is 6. The smallest absolute Gasteiger partial charge is 0.337 e. The molecule has 116 valence electrons. The summed E-state index contributed by atoms with van der Waals surface area (Å²) < 4.78 is 4.95. The predicted octanol–water partition coefficient (Wildman–Crippen LogP) is 3.10. The van der Waals surface area contributed by atoms with Gasteiger partial charge in [-0.15, -0.1) is 0 Å². The highest BCUT2D eigenvalue weighted by molar-refractivity contribution is 6.37. The molecule has 0 heterocycles. The van der Waals surface area contributed by atoms with Crippen LogP contribution in [0.1, 0.15) is 17.3 Å². The molecule has 0 aliphatic carbocycles. The van der Waals surface area contributed by atoms with Gasteiger partial charge in [0.1, 0.15) is 0 Å². The van der Waals surface area contributed by atoms with Crippen molar-refractivity contribution in [3.8, 4) is 0 Å². The lowest BCUT2D eigenvalue weighted by molar-refractivity contribution is 0.0698. The van der Waals surface area contributed by atoms with E-state index >= 15 is 0 Å². The van der Waals surface area contributed by atoms with Gasteiger partial charge < -0.3 is 20.5 Å². The van der Waals surface area contributed by atoms with E-state index in [1.807, 2.05) is 6.92 Å². The molecule has 1 rings (SSSR count). The van der Waals surface area contributed by atoms with Crippen molar-refractivity contribution in [2.45, 2.75) is 6.92 Å². The predicted molar refractivity (Wildman–Crippen MR) is 81.5 cm³/mol. The molecule has 0 aliphatic heterocycles. The molecule has 0 saturated heterocycles. The molecule has 8 heteroatoms. The van der Waals surface area contributed by atoms with Crippen LogP contribution in [0, 0.1) is 5.92 Å². The van der Waals surface area contributed by atoms with Crippen molar-refractivity contribution in [2.75, 3.05) is 25.6 Å². The third-order valence-corrected chi connectivity index (χ3v) is 3.10. The number of carboxylic acids is 1. The monoisotopic (exact) mass is 334 g/mol. The lowest BCUT2D eigenvalue weighted by atomic mass is 10.1. The van der Waals surface area contributed by atoms with Crippen LogP contribution < -0.4 is 10.6 Å². The maximum Gasteiger partial charge on any atom is 0.337 e. The summed E-state index contributed by atoms with van der Waals surface area (Å²) in [7, 11) is 1.57. The van der Waals surface area contributed by atoms with Crippen molar-refractivity contribution in [3.63, 3.8) is 0 Å². The molecule has 21 heavy (non-hydrogen) atoms. The van der Waals surface area contributed by atoms with Gasteiger partial charge in [0.05, 0.1) is 22.9 Å². The normalized spacial score (nSPS) is 11.8. The summed E-state index contributed by atoms with van der Waals surface area (Å²) in [4.78, 5) is 22.9. The fraction of sp³-hybridized carbons (Fsp3) is 0.385. The van der Waals surface area contributed by atoms with Gasteiger partial charge in [0.2, 0.25) is 0 Å². The topological polar surface area (TPSA) is 87.7 Å². The minimum Gasteiger partial charge on any atom is -0.478 e. The van der Waals surface area contributed by atoms with Crippen LogP contribution in [0.4, 0.5) is 10.5 Å². The molecule has 0 bridgehead atoms. The Hall–Kier alpha value is -1.50. The molecule has 0 aromatic heterocycles. The Kier molecular flexibility index (Phi) is 6.74. The number of carboxylic acid groups (broad SMARTS) is 1. The van der Waals surface area contributed by atoms with E-state index in [1.54, 1.807) is 7.11 Å². The molecule has 0 fully saturated rings. The van der Waals surface area contributed by atoms with E-state index in [9.17, 15) is 9.59 Å². The second-order valence-electron chi connectivity index (χ2n) is 4.51. The number of benzene rings is 1. The van der Waals surface area contributed by atoms with E-state index in [4.69, 9.17) is 33.0 Å². The summed E-state index contributed by atoms with van der Waals surface area (Å²) in [5, 5.41) is 14.4. The van der Waals surface area contributed by atoms with Crippen molar-refractivity contribution in [1.29, 1.82) is 0 Å². The Bertz CT molecular complexity index is 537. The highest BCUT2D eigenvalue weighted by Crippen LogP contribution is 2.30. The number of methoxy groups -OCH3 is 1. The van der Waals surface area contributed by atoms with Crippen LogP contribution in [0.25, 0.3) is 0 Å². The minimum atomic E-state index is -1.23. The van der Waals surface area contributed by atoms with Gasteiger partial charge in [-0.25, -0.2) is 9.59 Å². The molecule has 3 N–H and O–H groups in total. The molecule has 0 saturated carbocycles. The van der Waals surface area contributed by atoms with Crippen LogP contribution in [0.2, 0.25) is 10.0 Å². The number of aromatic carboxylic acids is 1. The second-order valence-corrected chi connectivity index (χ2v) is 5.35. The number of ether oxygens (including phenoxy) is 1. The van der Waals surface area contributed by atoms with E-state index in [-0.39, 0.29) is 27.2 Å². The van der Waals surface area contributed by atoms with Crippen molar-refractivity contribution in [3.05, 3.63) is 27.7 Å². The molecule has 1 aromatic rings.